The van der Waals surface area contributed by atoms with Gasteiger partial charge >= 0.3 is 8.56 Å². The van der Waals surface area contributed by atoms with Gasteiger partial charge in [-0.3, -0.25) is 0 Å². The van der Waals surface area contributed by atoms with Crippen LogP contribution in [0.3, 0.4) is 0 Å². The molecule has 0 bridgehead atoms. The summed E-state index contributed by atoms with van der Waals surface area (Å²) in [6.45, 7) is 1.99. The van der Waals surface area contributed by atoms with Crippen LogP contribution in [-0.4, -0.2) is 47.2 Å². The molecule has 0 aromatic carbocycles. The van der Waals surface area contributed by atoms with E-state index in [0.717, 1.165) is 25.3 Å². The summed E-state index contributed by atoms with van der Waals surface area (Å²) in [6.07, 6.45) is 5.31. The van der Waals surface area contributed by atoms with Crippen molar-refractivity contribution >= 4 is 14.6 Å². The molecule has 104 valence electrons. The minimum atomic E-state index is -2.53. The van der Waals surface area contributed by atoms with Crippen molar-refractivity contribution in [1.29, 1.82) is 0 Å². The maximum atomic E-state index is 10.6. The minimum Gasteiger partial charge on any atom is -0.396 e. The summed E-state index contributed by atoms with van der Waals surface area (Å²) >= 11 is 0. The molecule has 5 nitrogen and oxygen atoms in total. The maximum absolute atomic E-state index is 10.6. The monoisotopic (exact) mass is 273 g/mol. The molecule has 0 aromatic heterocycles. The highest BCUT2D eigenvalue weighted by molar-refractivity contribution is 6.71. The molecule has 0 amide bonds. The summed E-state index contributed by atoms with van der Waals surface area (Å²) in [5.41, 5.74) is 0. The number of rotatable bonds is 6. The number of nitrogens with zero attached hydrogens (tertiary/aromatic N) is 1. The number of isocyanates is 1. The first kappa shape index (κ1) is 15.5. The normalized spacial score (nSPS) is 28.4. The molecular formula is C12H23NO4Si. The Morgan fingerprint density at radius 1 is 1.33 bits per heavy atom. The fourth-order valence-electron chi connectivity index (χ4n) is 3.18. The van der Waals surface area contributed by atoms with Crippen molar-refractivity contribution in [3.63, 3.8) is 0 Å². The summed E-state index contributed by atoms with van der Waals surface area (Å²) in [4.78, 5) is 14.6. The molecule has 0 aromatic rings. The number of aliphatic imine (C=N–C) groups is 1. The van der Waals surface area contributed by atoms with Crippen LogP contribution < -0.4 is 0 Å². The summed E-state index contributed by atoms with van der Waals surface area (Å²) in [5.74, 6) is 0. The van der Waals surface area contributed by atoms with Gasteiger partial charge < -0.3 is 13.6 Å². The second kappa shape index (κ2) is 6.59. The predicted octanol–water partition coefficient (Wildman–Crippen LogP) is 1.94. The Labute approximate surface area is 110 Å². The molecule has 6 heteroatoms. The van der Waals surface area contributed by atoms with E-state index in [2.05, 4.69) is 4.99 Å². The van der Waals surface area contributed by atoms with E-state index in [1.165, 1.54) is 0 Å². The van der Waals surface area contributed by atoms with Gasteiger partial charge in [-0.15, -0.1) is 0 Å². The molecule has 1 aliphatic rings. The van der Waals surface area contributed by atoms with Crippen molar-refractivity contribution < 1.29 is 18.4 Å². The molecule has 0 radical (unpaired) electrons. The average Bonchev–Trinajstić information content (AvgIpc) is 2.44. The summed E-state index contributed by atoms with van der Waals surface area (Å²) < 4.78 is 17.4. The highest BCUT2D eigenvalue weighted by Crippen LogP contribution is 2.43. The minimum absolute atomic E-state index is 0.244. The number of carbonyl (C=O) groups excluding carboxylic acids is 1. The van der Waals surface area contributed by atoms with Gasteiger partial charge in [0.05, 0.1) is 6.04 Å². The molecule has 18 heavy (non-hydrogen) atoms. The van der Waals surface area contributed by atoms with Crippen LogP contribution in [0.1, 0.15) is 32.6 Å². The second-order valence-electron chi connectivity index (χ2n) is 4.61. The highest BCUT2D eigenvalue weighted by atomic mass is 28.4. The van der Waals surface area contributed by atoms with Crippen LogP contribution in [0.25, 0.3) is 0 Å². The first-order valence-electron chi connectivity index (χ1n) is 6.38. The molecule has 1 rings (SSSR count). The summed E-state index contributed by atoms with van der Waals surface area (Å²) in [6, 6.07) is 0.630. The van der Waals surface area contributed by atoms with E-state index in [0.29, 0.717) is 6.42 Å². The van der Waals surface area contributed by atoms with E-state index in [1.54, 1.807) is 27.4 Å². The van der Waals surface area contributed by atoms with Crippen LogP contribution in [0, 0.1) is 0 Å². The molecule has 0 N–H and O–H groups in total. The van der Waals surface area contributed by atoms with Crippen LogP contribution in [-0.2, 0) is 18.4 Å². The molecule has 2 atom stereocenters. The lowest BCUT2D eigenvalue weighted by atomic mass is 10.0. The fourth-order valence-corrected chi connectivity index (χ4v) is 7.23. The van der Waals surface area contributed by atoms with Gasteiger partial charge in [0.25, 0.3) is 0 Å². The van der Waals surface area contributed by atoms with E-state index in [1.807, 2.05) is 6.92 Å². The zero-order chi connectivity index (χ0) is 13.6. The first-order chi connectivity index (χ1) is 8.66. The molecule has 1 fully saturated rings. The number of hydrogen-bond acceptors (Lipinski definition) is 5. The molecule has 2 unspecified atom stereocenters. The van der Waals surface area contributed by atoms with E-state index >= 15 is 0 Å². The second-order valence-corrected chi connectivity index (χ2v) is 8.27. The fraction of sp³-hybridized carbons (Fsp3) is 0.917. The Balaban J connectivity index is 3.25. The smallest absolute Gasteiger partial charge is 0.373 e. The Hall–Kier alpha value is -0.523. The van der Waals surface area contributed by atoms with Crippen LogP contribution >= 0.6 is 0 Å². The lowest BCUT2D eigenvalue weighted by Gasteiger charge is -2.50. The van der Waals surface area contributed by atoms with Crippen LogP contribution in [0.2, 0.25) is 6.04 Å². The molecular weight excluding hydrogens is 250 g/mol. The Morgan fingerprint density at radius 3 is 2.44 bits per heavy atom. The Bertz CT molecular complexity index is 315. The summed E-state index contributed by atoms with van der Waals surface area (Å²) in [7, 11) is 2.48. The molecule has 0 aliphatic carbocycles. The number of methoxy groups -OCH3 is 1. The molecule has 0 saturated carbocycles. The van der Waals surface area contributed by atoms with Crippen molar-refractivity contribution in [2.45, 2.75) is 49.9 Å². The van der Waals surface area contributed by atoms with Crippen molar-refractivity contribution in [2.24, 2.45) is 4.99 Å². The van der Waals surface area contributed by atoms with Gasteiger partial charge in [-0.1, -0.05) is 19.8 Å². The number of hydrogen-bond donors (Lipinski definition) is 0. The van der Waals surface area contributed by atoms with Gasteiger partial charge in [0.2, 0.25) is 6.08 Å². The Morgan fingerprint density at radius 2 is 2.00 bits per heavy atom. The van der Waals surface area contributed by atoms with Crippen molar-refractivity contribution in [3.8, 4) is 0 Å². The summed E-state index contributed by atoms with van der Waals surface area (Å²) in [5, 5.41) is -0.582. The van der Waals surface area contributed by atoms with Gasteiger partial charge in [-0.2, -0.15) is 4.99 Å². The SMILES string of the molecule is CCC(N=C=O)C1(OC)CCCC[Si]1(OC)OC. The zero-order valence-corrected chi connectivity index (χ0v) is 12.7. The number of ether oxygens (including phenoxy) is 1. The van der Waals surface area contributed by atoms with Gasteiger partial charge in [-0.25, -0.2) is 4.79 Å². The molecule has 0 spiro atoms. The lowest BCUT2D eigenvalue weighted by Crippen LogP contribution is -2.69. The molecule has 1 aliphatic heterocycles. The van der Waals surface area contributed by atoms with Crippen molar-refractivity contribution in [2.75, 3.05) is 21.3 Å². The van der Waals surface area contributed by atoms with Crippen molar-refractivity contribution in [1.82, 2.24) is 0 Å². The zero-order valence-electron chi connectivity index (χ0n) is 11.7. The lowest BCUT2D eigenvalue weighted by molar-refractivity contribution is -0.0263. The highest BCUT2D eigenvalue weighted by Gasteiger charge is 2.62. The van der Waals surface area contributed by atoms with E-state index < -0.39 is 13.8 Å². The predicted molar refractivity (Wildman–Crippen MR) is 70.4 cm³/mol. The van der Waals surface area contributed by atoms with E-state index in [9.17, 15) is 4.79 Å². The Kier molecular flexibility index (Phi) is 5.69. The van der Waals surface area contributed by atoms with E-state index in [4.69, 9.17) is 13.6 Å². The third-order valence-corrected chi connectivity index (χ3v) is 8.51. The van der Waals surface area contributed by atoms with Gasteiger partial charge in [-0.05, 0) is 18.9 Å². The van der Waals surface area contributed by atoms with Gasteiger partial charge in [0.15, 0.2) is 0 Å². The molecule has 1 saturated heterocycles. The largest absolute Gasteiger partial charge is 0.396 e. The standard InChI is InChI=1S/C12H23NO4Si/c1-5-11(13-10-14)12(15-2)8-6-7-9-18(12,16-3)17-4/h11H,5-9H2,1-4H3. The third-order valence-electron chi connectivity index (χ3n) is 4.11. The van der Waals surface area contributed by atoms with E-state index in [-0.39, 0.29) is 6.04 Å². The third kappa shape index (κ3) is 2.31. The quantitative estimate of drug-likeness (QED) is 0.421. The topological polar surface area (TPSA) is 57.1 Å². The molecule has 1 heterocycles. The first-order valence-corrected chi connectivity index (χ1v) is 8.41. The van der Waals surface area contributed by atoms with Crippen molar-refractivity contribution in [3.05, 3.63) is 0 Å². The van der Waals surface area contributed by atoms with Crippen LogP contribution in [0.15, 0.2) is 4.99 Å². The average molecular weight is 273 g/mol. The van der Waals surface area contributed by atoms with Gasteiger partial charge in [0.1, 0.15) is 5.22 Å². The van der Waals surface area contributed by atoms with Gasteiger partial charge in [0, 0.05) is 21.3 Å². The maximum Gasteiger partial charge on any atom is 0.373 e. The van der Waals surface area contributed by atoms with Crippen LogP contribution in [0.5, 0.6) is 0 Å². The van der Waals surface area contributed by atoms with Crippen LogP contribution in [0.4, 0.5) is 0 Å².